The Balaban J connectivity index is 1.87. The Labute approximate surface area is 104 Å². The van der Waals surface area contributed by atoms with Gasteiger partial charge in [-0.05, 0) is 12.1 Å². The number of aromatic nitrogens is 1. The van der Waals surface area contributed by atoms with Gasteiger partial charge in [0.25, 0.3) is 0 Å². The number of fused-ring (bicyclic) bond motifs is 4. The van der Waals surface area contributed by atoms with E-state index in [-0.39, 0.29) is 12.4 Å². The van der Waals surface area contributed by atoms with Crippen LogP contribution >= 0.6 is 0 Å². The molecule has 1 fully saturated rings. The number of nitrogens with zero attached hydrogens (tertiary/aromatic N) is 1. The first-order valence-electron chi connectivity index (χ1n) is 6.15. The largest absolute Gasteiger partial charge is 0.366 e. The lowest BCUT2D eigenvalue weighted by Crippen LogP contribution is -2.38. The Kier molecular flexibility index (Phi) is 2.33. The summed E-state index contributed by atoms with van der Waals surface area (Å²) in [4.78, 5) is 4.65. The molecule has 2 atom stereocenters. The summed E-state index contributed by atoms with van der Waals surface area (Å²) in [6.45, 7) is 1.69. The van der Waals surface area contributed by atoms with Gasteiger partial charge in [0.2, 0.25) is 0 Å². The van der Waals surface area contributed by atoms with Gasteiger partial charge >= 0.3 is 0 Å². The third kappa shape index (κ3) is 1.54. The van der Waals surface area contributed by atoms with Crippen LogP contribution in [0.2, 0.25) is 0 Å². The van der Waals surface area contributed by atoms with Crippen molar-refractivity contribution in [3.8, 4) is 0 Å². The number of rotatable bonds is 0. The molecule has 0 amide bonds. The van der Waals surface area contributed by atoms with Crippen LogP contribution in [0.15, 0.2) is 30.3 Å². The first kappa shape index (κ1) is 10.4. The first-order valence-corrected chi connectivity index (χ1v) is 6.15. The molecule has 1 aromatic carbocycles. The molecule has 0 N–H and O–H groups in total. The molecule has 2 aliphatic heterocycles. The lowest BCUT2D eigenvalue weighted by atomic mass is 10.0. The van der Waals surface area contributed by atoms with Crippen molar-refractivity contribution in [2.24, 2.45) is 0 Å². The average molecular weight is 243 g/mol. The predicted molar refractivity (Wildman–Crippen MR) is 65.0 cm³/mol. The van der Waals surface area contributed by atoms with Crippen LogP contribution in [0.1, 0.15) is 17.4 Å². The molecule has 0 radical (unpaired) electrons. The van der Waals surface area contributed by atoms with Crippen LogP contribution in [-0.4, -0.2) is 24.5 Å². The molecular weight excluding hydrogens is 230 g/mol. The standard InChI is InChI=1S/C14H13NO3/c1-2-4-11-9(3-1)7-10-12(15-11)8-18-14-13(10)16-5-6-17-14/h1-4,7,13-14H,5-6,8H2/t13-,14+/m0/s1. The smallest absolute Gasteiger partial charge is 0.188 e. The predicted octanol–water partition coefficient (Wildman–Crippen LogP) is 2.18. The SMILES string of the molecule is c1ccc2nc3c(cc2c1)[C@@H]1OCCO[C@@H]1OC3. The third-order valence-electron chi connectivity index (χ3n) is 3.44. The summed E-state index contributed by atoms with van der Waals surface area (Å²) in [5, 5.41) is 1.13. The van der Waals surface area contributed by atoms with Crippen molar-refractivity contribution < 1.29 is 14.2 Å². The van der Waals surface area contributed by atoms with Crippen LogP contribution in [-0.2, 0) is 20.8 Å². The normalized spacial score (nSPS) is 26.7. The Morgan fingerprint density at radius 3 is 2.94 bits per heavy atom. The second kappa shape index (κ2) is 4.02. The molecule has 4 heteroatoms. The number of para-hydroxylation sites is 1. The maximum absolute atomic E-state index is 5.77. The summed E-state index contributed by atoms with van der Waals surface area (Å²) in [6, 6.07) is 10.2. The summed E-state index contributed by atoms with van der Waals surface area (Å²) in [6.07, 6.45) is -0.422. The number of ether oxygens (including phenoxy) is 3. The summed E-state index contributed by atoms with van der Waals surface area (Å²) < 4.78 is 17.0. The van der Waals surface area contributed by atoms with E-state index >= 15 is 0 Å². The highest BCUT2D eigenvalue weighted by molar-refractivity contribution is 5.79. The summed E-state index contributed by atoms with van der Waals surface area (Å²) >= 11 is 0. The third-order valence-corrected chi connectivity index (χ3v) is 3.44. The van der Waals surface area contributed by atoms with E-state index < -0.39 is 0 Å². The maximum atomic E-state index is 5.77. The zero-order chi connectivity index (χ0) is 11.9. The van der Waals surface area contributed by atoms with Crippen molar-refractivity contribution in [3.05, 3.63) is 41.6 Å². The number of benzene rings is 1. The van der Waals surface area contributed by atoms with E-state index in [1.807, 2.05) is 18.2 Å². The molecule has 18 heavy (non-hydrogen) atoms. The van der Waals surface area contributed by atoms with Crippen LogP contribution in [0, 0.1) is 0 Å². The van der Waals surface area contributed by atoms with Crippen LogP contribution in [0.25, 0.3) is 10.9 Å². The minimum Gasteiger partial charge on any atom is -0.366 e. The van der Waals surface area contributed by atoms with Gasteiger partial charge in [-0.1, -0.05) is 18.2 Å². The topological polar surface area (TPSA) is 40.6 Å². The van der Waals surface area contributed by atoms with E-state index in [1.54, 1.807) is 0 Å². The molecule has 2 aromatic rings. The fourth-order valence-corrected chi connectivity index (χ4v) is 2.57. The van der Waals surface area contributed by atoms with Gasteiger partial charge in [-0.3, -0.25) is 0 Å². The fraction of sp³-hybridized carbons (Fsp3) is 0.357. The molecule has 2 aliphatic rings. The number of hydrogen-bond acceptors (Lipinski definition) is 4. The summed E-state index contributed by atoms with van der Waals surface area (Å²) in [5.41, 5.74) is 3.06. The van der Waals surface area contributed by atoms with Gasteiger partial charge in [0.15, 0.2) is 6.29 Å². The van der Waals surface area contributed by atoms with Gasteiger partial charge in [-0.15, -0.1) is 0 Å². The molecule has 0 unspecified atom stereocenters. The second-order valence-electron chi connectivity index (χ2n) is 4.56. The minimum absolute atomic E-state index is 0.139. The summed E-state index contributed by atoms with van der Waals surface area (Å²) in [5.74, 6) is 0. The first-order chi connectivity index (χ1) is 8.92. The van der Waals surface area contributed by atoms with E-state index in [0.29, 0.717) is 19.8 Å². The van der Waals surface area contributed by atoms with Crippen molar-refractivity contribution in [3.63, 3.8) is 0 Å². The molecule has 1 saturated heterocycles. The maximum Gasteiger partial charge on any atom is 0.188 e. The number of pyridine rings is 1. The van der Waals surface area contributed by atoms with Gasteiger partial charge in [0.05, 0.1) is 31.0 Å². The quantitative estimate of drug-likeness (QED) is 0.711. The van der Waals surface area contributed by atoms with Crippen LogP contribution in [0.4, 0.5) is 0 Å². The molecule has 4 nitrogen and oxygen atoms in total. The summed E-state index contributed by atoms with van der Waals surface area (Å²) in [7, 11) is 0. The van der Waals surface area contributed by atoms with Crippen molar-refractivity contribution in [2.45, 2.75) is 19.0 Å². The van der Waals surface area contributed by atoms with Crippen molar-refractivity contribution in [1.29, 1.82) is 0 Å². The molecular formula is C14H13NO3. The zero-order valence-electron chi connectivity index (χ0n) is 9.83. The van der Waals surface area contributed by atoms with Gasteiger partial charge in [-0.2, -0.15) is 0 Å². The van der Waals surface area contributed by atoms with E-state index in [4.69, 9.17) is 14.2 Å². The van der Waals surface area contributed by atoms with E-state index in [2.05, 4.69) is 17.1 Å². The highest BCUT2D eigenvalue weighted by Gasteiger charge is 2.35. The van der Waals surface area contributed by atoms with E-state index in [9.17, 15) is 0 Å². The van der Waals surface area contributed by atoms with Gasteiger partial charge in [-0.25, -0.2) is 4.98 Å². The van der Waals surface area contributed by atoms with Crippen molar-refractivity contribution in [2.75, 3.05) is 13.2 Å². The van der Waals surface area contributed by atoms with Gasteiger partial charge in [0, 0.05) is 10.9 Å². The second-order valence-corrected chi connectivity index (χ2v) is 4.56. The Morgan fingerprint density at radius 1 is 1.06 bits per heavy atom. The zero-order valence-corrected chi connectivity index (χ0v) is 9.83. The Morgan fingerprint density at radius 2 is 1.94 bits per heavy atom. The molecule has 0 spiro atoms. The van der Waals surface area contributed by atoms with Crippen molar-refractivity contribution >= 4 is 10.9 Å². The van der Waals surface area contributed by atoms with Crippen molar-refractivity contribution in [1.82, 2.24) is 4.98 Å². The monoisotopic (exact) mass is 243 g/mol. The lowest BCUT2D eigenvalue weighted by molar-refractivity contribution is -0.264. The fourth-order valence-electron chi connectivity index (χ4n) is 2.57. The Hall–Kier alpha value is -1.49. The molecule has 3 heterocycles. The number of hydrogen-bond donors (Lipinski definition) is 0. The molecule has 0 aliphatic carbocycles. The van der Waals surface area contributed by atoms with Gasteiger partial charge in [0.1, 0.15) is 6.10 Å². The minimum atomic E-state index is -0.283. The van der Waals surface area contributed by atoms with E-state index in [0.717, 1.165) is 22.2 Å². The molecule has 92 valence electrons. The molecule has 0 bridgehead atoms. The molecule has 1 aromatic heterocycles. The van der Waals surface area contributed by atoms with Crippen LogP contribution in [0.5, 0.6) is 0 Å². The lowest BCUT2D eigenvalue weighted by Gasteiger charge is -2.36. The Bertz CT molecular complexity index is 599. The van der Waals surface area contributed by atoms with Gasteiger partial charge < -0.3 is 14.2 Å². The van der Waals surface area contributed by atoms with Crippen LogP contribution < -0.4 is 0 Å². The average Bonchev–Trinajstić information content (AvgIpc) is 2.45. The highest BCUT2D eigenvalue weighted by Crippen LogP contribution is 2.35. The van der Waals surface area contributed by atoms with E-state index in [1.165, 1.54) is 0 Å². The highest BCUT2D eigenvalue weighted by atomic mass is 16.7. The van der Waals surface area contributed by atoms with Crippen LogP contribution in [0.3, 0.4) is 0 Å². The molecule has 4 rings (SSSR count). The molecule has 0 saturated carbocycles.